The molecule has 2 aliphatic heterocycles. The van der Waals surface area contributed by atoms with Crippen LogP contribution in [0.25, 0.3) is 0 Å². The largest absolute Gasteiger partial charge is 0.373 e. The van der Waals surface area contributed by atoms with Crippen LogP contribution in [0.15, 0.2) is 83.8 Å². The minimum atomic E-state index is -4.30. The van der Waals surface area contributed by atoms with Gasteiger partial charge in [0.2, 0.25) is 10.0 Å². The first kappa shape index (κ1) is 25.5. The number of Topliss-reactive ketones (excluding diaryl/α,β-unsaturated/α-hetero) is 1. The molecule has 0 aliphatic carbocycles. The van der Waals surface area contributed by atoms with Crippen molar-refractivity contribution in [1.82, 2.24) is 4.31 Å². The van der Waals surface area contributed by atoms with Gasteiger partial charge in [-0.3, -0.25) is 14.9 Å². The Bertz CT molecular complexity index is 1430. The minimum Gasteiger partial charge on any atom is -0.373 e. The van der Waals surface area contributed by atoms with Crippen LogP contribution in [0.1, 0.15) is 28.4 Å². The van der Waals surface area contributed by atoms with Crippen molar-refractivity contribution in [3.8, 4) is 0 Å². The van der Waals surface area contributed by atoms with E-state index in [0.29, 0.717) is 23.6 Å². The molecular formula is C27H25ClN2O6S. The number of benzene rings is 3. The van der Waals surface area contributed by atoms with E-state index in [9.17, 15) is 23.3 Å². The minimum absolute atomic E-state index is 0.0491. The van der Waals surface area contributed by atoms with Crippen molar-refractivity contribution in [1.29, 1.82) is 0 Å². The van der Waals surface area contributed by atoms with E-state index in [0.717, 1.165) is 5.56 Å². The van der Waals surface area contributed by atoms with Crippen LogP contribution in [0.4, 0.5) is 5.69 Å². The second kappa shape index (κ2) is 10.3. The van der Waals surface area contributed by atoms with Crippen molar-refractivity contribution in [3.63, 3.8) is 0 Å². The third-order valence-corrected chi connectivity index (χ3v) is 9.53. The van der Waals surface area contributed by atoms with Crippen LogP contribution < -0.4 is 0 Å². The van der Waals surface area contributed by atoms with Gasteiger partial charge in [-0.25, -0.2) is 8.42 Å². The molecule has 2 aliphatic rings. The average molecular weight is 541 g/mol. The van der Waals surface area contributed by atoms with Crippen molar-refractivity contribution in [3.05, 3.63) is 105 Å². The van der Waals surface area contributed by atoms with Crippen molar-refractivity contribution >= 4 is 33.1 Å². The predicted molar refractivity (Wildman–Crippen MR) is 138 cm³/mol. The van der Waals surface area contributed by atoms with Crippen LogP contribution in [0.3, 0.4) is 0 Å². The zero-order chi connectivity index (χ0) is 26.2. The number of nitro benzene ring substituents is 1. The number of fused-ring (bicyclic) bond motifs is 1. The number of piperidine rings is 1. The van der Waals surface area contributed by atoms with Crippen LogP contribution in [0.5, 0.6) is 0 Å². The zero-order valence-corrected chi connectivity index (χ0v) is 21.3. The standard InChI is InChI=1S/C27H25ClN2O6S/c28-23-11-5-4-10-20(23)27-22-17-29(37(34,35)25-13-7-6-12-24(25)30(32)33)16-21(19(22)14-15-36-27)26(31)18-8-2-1-3-9-18/h1-13,19,21-22,27H,14-17H2. The number of nitro groups is 1. The lowest BCUT2D eigenvalue weighted by atomic mass is 9.69. The van der Waals surface area contributed by atoms with Crippen LogP contribution in [-0.4, -0.2) is 43.1 Å². The van der Waals surface area contributed by atoms with Gasteiger partial charge in [-0.2, -0.15) is 4.31 Å². The molecule has 4 atom stereocenters. The van der Waals surface area contributed by atoms with Gasteiger partial charge in [-0.1, -0.05) is 72.3 Å². The van der Waals surface area contributed by atoms with Crippen LogP contribution in [-0.2, 0) is 14.8 Å². The summed E-state index contributed by atoms with van der Waals surface area (Å²) in [4.78, 5) is 24.3. The molecule has 192 valence electrons. The fourth-order valence-electron chi connectivity index (χ4n) is 5.57. The van der Waals surface area contributed by atoms with Gasteiger partial charge in [0, 0.05) is 48.2 Å². The highest BCUT2D eigenvalue weighted by molar-refractivity contribution is 7.89. The van der Waals surface area contributed by atoms with Crippen molar-refractivity contribution in [2.45, 2.75) is 17.4 Å². The summed E-state index contributed by atoms with van der Waals surface area (Å²) in [5.41, 5.74) is 0.727. The van der Waals surface area contributed by atoms with E-state index in [-0.39, 0.29) is 30.7 Å². The third kappa shape index (κ3) is 4.80. The predicted octanol–water partition coefficient (Wildman–Crippen LogP) is 5.15. The Balaban J connectivity index is 1.60. The Hall–Kier alpha value is -3.11. The second-order valence-corrected chi connectivity index (χ2v) is 11.6. The Labute approximate surface area is 220 Å². The number of para-hydroxylation sites is 1. The Morgan fingerprint density at radius 2 is 1.62 bits per heavy atom. The second-order valence-electron chi connectivity index (χ2n) is 9.31. The van der Waals surface area contributed by atoms with Gasteiger partial charge >= 0.3 is 0 Å². The van der Waals surface area contributed by atoms with E-state index < -0.39 is 37.6 Å². The van der Waals surface area contributed by atoms with E-state index >= 15 is 0 Å². The van der Waals surface area contributed by atoms with E-state index in [1.54, 1.807) is 36.4 Å². The number of rotatable bonds is 6. The molecular weight excluding hydrogens is 516 g/mol. The lowest BCUT2D eigenvalue weighted by Crippen LogP contribution is -2.54. The fraction of sp³-hybridized carbons (Fsp3) is 0.296. The summed E-state index contributed by atoms with van der Waals surface area (Å²) in [6.45, 7) is 0.387. The summed E-state index contributed by atoms with van der Waals surface area (Å²) in [5, 5.41) is 12.1. The summed E-state index contributed by atoms with van der Waals surface area (Å²) in [5.74, 6) is -1.33. The highest BCUT2D eigenvalue weighted by Crippen LogP contribution is 2.47. The zero-order valence-electron chi connectivity index (χ0n) is 19.8. The molecule has 0 amide bonds. The van der Waals surface area contributed by atoms with Gasteiger partial charge in [0.25, 0.3) is 5.69 Å². The molecule has 8 nitrogen and oxygen atoms in total. The Morgan fingerprint density at radius 1 is 0.946 bits per heavy atom. The molecule has 0 N–H and O–H groups in total. The van der Waals surface area contributed by atoms with Crippen LogP contribution in [0.2, 0.25) is 5.02 Å². The summed E-state index contributed by atoms with van der Waals surface area (Å²) in [6, 6.07) is 21.3. The third-order valence-electron chi connectivity index (χ3n) is 7.31. The van der Waals surface area contributed by atoms with Gasteiger partial charge in [0.15, 0.2) is 10.7 Å². The van der Waals surface area contributed by atoms with Gasteiger partial charge in [-0.15, -0.1) is 0 Å². The van der Waals surface area contributed by atoms with Crippen molar-refractivity contribution in [2.75, 3.05) is 19.7 Å². The van der Waals surface area contributed by atoms with E-state index in [1.165, 1.54) is 28.6 Å². The molecule has 2 fully saturated rings. The molecule has 3 aromatic rings. The molecule has 2 heterocycles. The monoisotopic (exact) mass is 540 g/mol. The van der Waals surface area contributed by atoms with Crippen LogP contribution in [0, 0.1) is 27.9 Å². The number of carbonyl (C=O) groups excluding carboxylic acids is 1. The SMILES string of the molecule is O=C(c1ccccc1)C1CN(S(=O)(=O)c2ccccc2[N+](=O)[O-])CC2C(c3ccccc3Cl)OCCC12. The maximum atomic E-state index is 13.8. The number of sulfonamides is 1. The molecule has 3 aromatic carbocycles. The van der Waals surface area contributed by atoms with Gasteiger partial charge in [0.05, 0.1) is 11.0 Å². The van der Waals surface area contributed by atoms with Crippen LogP contribution >= 0.6 is 11.6 Å². The smallest absolute Gasteiger partial charge is 0.289 e. The summed E-state index contributed by atoms with van der Waals surface area (Å²) >= 11 is 6.51. The molecule has 10 heteroatoms. The van der Waals surface area contributed by atoms with E-state index in [4.69, 9.17) is 16.3 Å². The molecule has 0 saturated carbocycles. The highest BCUT2D eigenvalue weighted by atomic mass is 35.5. The number of ketones is 1. The normalized spacial score (nSPS) is 24.2. The van der Waals surface area contributed by atoms with Crippen molar-refractivity contribution < 1.29 is 22.9 Å². The number of nitrogens with zero attached hydrogens (tertiary/aromatic N) is 2. The number of ether oxygens (including phenoxy) is 1. The first-order chi connectivity index (χ1) is 17.8. The quantitative estimate of drug-likeness (QED) is 0.243. The van der Waals surface area contributed by atoms with Gasteiger partial charge in [0.1, 0.15) is 0 Å². The lowest BCUT2D eigenvalue weighted by molar-refractivity contribution is -0.387. The highest BCUT2D eigenvalue weighted by Gasteiger charge is 2.50. The number of hydrogen-bond donors (Lipinski definition) is 0. The molecule has 4 unspecified atom stereocenters. The molecule has 2 saturated heterocycles. The molecule has 0 aromatic heterocycles. The molecule has 5 rings (SSSR count). The van der Waals surface area contributed by atoms with E-state index in [1.807, 2.05) is 18.2 Å². The fourth-order valence-corrected chi connectivity index (χ4v) is 7.47. The maximum Gasteiger partial charge on any atom is 0.289 e. The topological polar surface area (TPSA) is 107 Å². The molecule has 0 bridgehead atoms. The maximum absolute atomic E-state index is 13.8. The lowest BCUT2D eigenvalue weighted by Gasteiger charge is -2.48. The van der Waals surface area contributed by atoms with E-state index in [2.05, 4.69) is 0 Å². The summed E-state index contributed by atoms with van der Waals surface area (Å²) in [7, 11) is -4.30. The summed E-state index contributed by atoms with van der Waals surface area (Å²) < 4.78 is 35.1. The first-order valence-corrected chi connectivity index (χ1v) is 13.8. The molecule has 37 heavy (non-hydrogen) atoms. The first-order valence-electron chi connectivity index (χ1n) is 12.0. The van der Waals surface area contributed by atoms with Crippen molar-refractivity contribution in [2.24, 2.45) is 17.8 Å². The number of hydrogen-bond acceptors (Lipinski definition) is 6. The van der Waals surface area contributed by atoms with Gasteiger partial charge in [-0.05, 0) is 30.0 Å². The number of halogens is 1. The molecule has 0 spiro atoms. The molecule has 0 radical (unpaired) electrons. The number of carbonyl (C=O) groups is 1. The summed E-state index contributed by atoms with van der Waals surface area (Å²) in [6.07, 6.45) is 0.0658. The Morgan fingerprint density at radius 3 is 2.35 bits per heavy atom. The Kier molecular flexibility index (Phi) is 7.13. The average Bonchev–Trinajstić information content (AvgIpc) is 2.92. The van der Waals surface area contributed by atoms with Gasteiger partial charge < -0.3 is 4.74 Å².